The summed E-state index contributed by atoms with van der Waals surface area (Å²) in [5.74, 6) is -4.79. The fourth-order valence-electron chi connectivity index (χ4n) is 12.4. The number of anilines is 2. The molecule has 92 heavy (non-hydrogen) atoms. The molecule has 4 aliphatic heterocycles. The van der Waals surface area contributed by atoms with Crippen LogP contribution in [0.3, 0.4) is 0 Å². The third-order valence-corrected chi connectivity index (χ3v) is 20.5. The Hall–Kier alpha value is -5.56. The van der Waals surface area contributed by atoms with Crippen molar-refractivity contribution in [1.82, 2.24) is 15.5 Å². The molecule has 4 aliphatic rings. The molecular formula is C68H95Br2ClN6O15. The first-order valence-electron chi connectivity index (χ1n) is 32.0. The SMILES string of the molecule is CO[C@@H]1/C=C/C=C(\C)Cc2cc(C)c(Cl)c(c2)N(C)C(=O)C[C@H](OC(=O)[C@H](C)N(C)C(=O)c2ccc(CC(=O)[C@H](CCCNC(N)=O)NC(=O)[C@@H](CC(=O)CCCCCCC(=O)C(CBr)CBr)C(C)C)c(N3CCOCC3)c2)[C@]2(C)O[C@H]2[C@H](C)[C@@H]2C[C@@]1(O)CC(=O)O2. The number of benzene rings is 2. The first-order valence-corrected chi connectivity index (χ1v) is 34.7. The number of ether oxygens (including phenoxy) is 5. The van der Waals surface area contributed by atoms with Gasteiger partial charge in [0.1, 0.15) is 47.1 Å². The molecule has 4 heterocycles. The number of methoxy groups -OCH3 is 1. The number of carbonyl (C=O) groups excluding carboxylic acids is 9. The van der Waals surface area contributed by atoms with E-state index in [0.717, 1.165) is 36.0 Å². The van der Waals surface area contributed by atoms with Gasteiger partial charge in [0, 0.05) is 113 Å². The summed E-state index contributed by atoms with van der Waals surface area (Å²) in [4.78, 5) is 128. The molecule has 5 amide bonds. The number of fused-ring (bicyclic) bond motifs is 5. The second-order valence-corrected chi connectivity index (χ2v) is 27.5. The molecule has 3 saturated heterocycles. The molecular weight excluding hydrogens is 1340 g/mol. The second-order valence-electron chi connectivity index (χ2n) is 25.8. The zero-order chi connectivity index (χ0) is 67.8. The van der Waals surface area contributed by atoms with Crippen molar-refractivity contribution in [3.05, 3.63) is 81.4 Å². The zero-order valence-electron chi connectivity index (χ0n) is 55.0. The normalized spacial score (nSPS) is 24.7. The number of ketones is 3. The summed E-state index contributed by atoms with van der Waals surface area (Å²) < 4.78 is 30.1. The number of hydrogen-bond donors (Lipinski definition) is 4. The van der Waals surface area contributed by atoms with Crippen molar-refractivity contribution in [1.29, 1.82) is 0 Å². The largest absolute Gasteiger partial charge is 0.462 e. The van der Waals surface area contributed by atoms with Crippen LogP contribution in [0.2, 0.25) is 5.02 Å². The summed E-state index contributed by atoms with van der Waals surface area (Å²) in [6.07, 6.45) is 5.37. The van der Waals surface area contributed by atoms with Crippen LogP contribution in [0.15, 0.2) is 54.1 Å². The van der Waals surface area contributed by atoms with Crippen molar-refractivity contribution in [3.8, 4) is 0 Å². The molecule has 2 aromatic rings. The molecule has 6 rings (SSSR count). The number of unbranched alkanes of at least 4 members (excludes halogenated alkanes) is 3. The van der Waals surface area contributed by atoms with E-state index in [1.54, 1.807) is 51.2 Å². The first kappa shape index (κ1) is 75.5. The minimum absolute atomic E-state index is 0.00325. The van der Waals surface area contributed by atoms with Crippen molar-refractivity contribution in [2.75, 3.05) is 74.5 Å². The lowest BCUT2D eigenvalue weighted by molar-refractivity contribution is -0.187. The molecule has 0 saturated carbocycles. The Morgan fingerprint density at radius 1 is 0.946 bits per heavy atom. The molecule has 0 aromatic heterocycles. The van der Waals surface area contributed by atoms with Crippen LogP contribution in [0.5, 0.6) is 0 Å². The minimum Gasteiger partial charge on any atom is -0.462 e. The molecule has 0 aliphatic carbocycles. The van der Waals surface area contributed by atoms with E-state index in [1.807, 2.05) is 50.8 Å². The Morgan fingerprint density at radius 2 is 1.63 bits per heavy atom. The number of carbonyl (C=O) groups is 9. The van der Waals surface area contributed by atoms with Gasteiger partial charge in [-0.15, -0.1) is 0 Å². The van der Waals surface area contributed by atoms with Gasteiger partial charge in [0.15, 0.2) is 5.78 Å². The number of rotatable bonds is 28. The molecule has 3 fully saturated rings. The van der Waals surface area contributed by atoms with Crippen LogP contribution < -0.4 is 26.2 Å². The molecule has 0 unspecified atom stereocenters. The van der Waals surface area contributed by atoms with Crippen LogP contribution in [0, 0.1) is 30.6 Å². The van der Waals surface area contributed by atoms with E-state index in [9.17, 15) is 48.3 Å². The number of nitrogens with two attached hydrogens (primary N) is 1. The van der Waals surface area contributed by atoms with Gasteiger partial charge in [-0.3, -0.25) is 33.6 Å². The number of aliphatic hydroxyl groups is 1. The van der Waals surface area contributed by atoms with E-state index >= 15 is 0 Å². The summed E-state index contributed by atoms with van der Waals surface area (Å²) in [5, 5.41) is 19.2. The standard InChI is InChI=1S/C68H95Br2ClN6O15/c1-40(2)50(34-49(78)18-13-11-12-14-20-54(79)48(38-69)39-70)63(83)74-51(19-16-24-73-66(72)86)55(80)33-46-22-23-47(32-52(46)77-25-27-89-28-26-77)64(84)75(8)44(6)65(85)91-58-35-59(81)76(9)53-31-45(30-42(4)61(53)71)29-41(3)17-15-21-57(88-10)68(87)36-56(90-60(82)37-68)43(5)62-67(58,7)92-62/h15,17,21-23,30-32,40,43-44,48,50-51,56-58,62,87H,11-14,16,18-20,24-29,33-39H2,1-10H3,(H,74,83)(H3,72,73,86)/b21-15+,41-17+/t43-,44+,50+,51+,56+,57-,58+,62+,67+,68-/m1/s1. The molecule has 10 atom stereocenters. The summed E-state index contributed by atoms with van der Waals surface area (Å²) in [7, 11) is 4.51. The smallest absolute Gasteiger partial charge is 0.328 e. The number of alkyl halides is 2. The van der Waals surface area contributed by atoms with Gasteiger partial charge < -0.3 is 59.9 Å². The van der Waals surface area contributed by atoms with E-state index in [-0.39, 0.29) is 92.7 Å². The number of urea groups is 1. The van der Waals surface area contributed by atoms with Gasteiger partial charge in [0.25, 0.3) is 5.91 Å². The number of amides is 5. The number of epoxide rings is 1. The molecule has 2 aromatic carbocycles. The van der Waals surface area contributed by atoms with Gasteiger partial charge in [-0.1, -0.05) is 113 Å². The Balaban J connectivity index is 1.21. The average Bonchev–Trinajstić information content (AvgIpc) is 1.57. The maximum atomic E-state index is 14.7. The first-order chi connectivity index (χ1) is 43.5. The topological polar surface area (TPSA) is 283 Å². The number of morpholine rings is 1. The highest BCUT2D eigenvalue weighted by atomic mass is 79.9. The fraction of sp³-hybridized carbons (Fsp3) is 0.632. The summed E-state index contributed by atoms with van der Waals surface area (Å²) in [5.41, 5.74) is 6.67. The van der Waals surface area contributed by atoms with Crippen LogP contribution >= 0.6 is 43.5 Å². The zero-order valence-corrected chi connectivity index (χ0v) is 58.9. The highest BCUT2D eigenvalue weighted by Gasteiger charge is 2.64. The van der Waals surface area contributed by atoms with Crippen molar-refractivity contribution in [2.24, 2.45) is 29.4 Å². The number of likely N-dealkylation sites (N-methyl/N-ethyl adjacent to an activating group) is 1. The lowest BCUT2D eigenvalue weighted by atomic mass is 9.78. The molecule has 24 heteroatoms. The number of halogens is 3. The van der Waals surface area contributed by atoms with Gasteiger partial charge in [0.2, 0.25) is 11.8 Å². The predicted molar refractivity (Wildman–Crippen MR) is 358 cm³/mol. The van der Waals surface area contributed by atoms with Crippen molar-refractivity contribution in [3.63, 3.8) is 0 Å². The molecule has 21 nitrogen and oxygen atoms in total. The quantitative estimate of drug-likeness (QED) is 0.0268. The van der Waals surface area contributed by atoms with Gasteiger partial charge >= 0.3 is 18.0 Å². The maximum absolute atomic E-state index is 14.7. The second kappa shape index (κ2) is 34.7. The van der Waals surface area contributed by atoms with Crippen LogP contribution in [-0.2, 0) is 70.1 Å². The van der Waals surface area contributed by atoms with Crippen LogP contribution in [0.1, 0.15) is 146 Å². The number of Topliss-reactive ketones (excluding diaryl/α,β-unsaturated/α-hetero) is 3. The molecule has 4 bridgehead atoms. The Labute approximate surface area is 563 Å². The van der Waals surface area contributed by atoms with Gasteiger partial charge in [-0.05, 0) is 101 Å². The molecule has 0 radical (unpaired) electrons. The van der Waals surface area contributed by atoms with E-state index in [2.05, 4.69) is 42.5 Å². The van der Waals surface area contributed by atoms with E-state index in [1.165, 1.54) is 30.9 Å². The fourth-order valence-corrected chi connectivity index (χ4v) is 14.4. The van der Waals surface area contributed by atoms with Gasteiger partial charge in [-0.2, -0.15) is 0 Å². The Morgan fingerprint density at radius 3 is 2.28 bits per heavy atom. The highest BCUT2D eigenvalue weighted by Crippen LogP contribution is 2.50. The predicted octanol–water partition coefficient (Wildman–Crippen LogP) is 8.81. The molecule has 508 valence electrons. The maximum Gasteiger partial charge on any atom is 0.328 e. The van der Waals surface area contributed by atoms with Gasteiger partial charge in [-0.25, -0.2) is 9.59 Å². The summed E-state index contributed by atoms with van der Waals surface area (Å²) in [6, 6.07) is 5.68. The summed E-state index contributed by atoms with van der Waals surface area (Å²) >= 11 is 13.7. The Bertz CT molecular complexity index is 3040. The Kier molecular flexibility index (Phi) is 28.5. The lowest BCUT2D eigenvalue weighted by Gasteiger charge is -2.41. The van der Waals surface area contributed by atoms with Crippen LogP contribution in [0.4, 0.5) is 16.2 Å². The van der Waals surface area contributed by atoms with E-state index < -0.39 is 95.2 Å². The van der Waals surface area contributed by atoms with Gasteiger partial charge in [0.05, 0.1) is 48.9 Å². The van der Waals surface area contributed by atoms with Crippen LogP contribution in [0.25, 0.3) is 0 Å². The monoisotopic (exact) mass is 1430 g/mol. The lowest BCUT2D eigenvalue weighted by Crippen LogP contribution is -2.53. The number of nitrogens with zero attached hydrogens (tertiary/aromatic N) is 3. The number of hydrogen-bond acceptors (Lipinski definition) is 16. The number of allylic oxidation sites excluding steroid dienone is 3. The third kappa shape index (κ3) is 20.2. The number of aryl methyl sites for hydroxylation is 1. The van der Waals surface area contributed by atoms with Crippen molar-refractivity contribution in [2.45, 2.75) is 186 Å². The van der Waals surface area contributed by atoms with E-state index in [0.29, 0.717) is 78.2 Å². The minimum atomic E-state index is -1.65. The van der Waals surface area contributed by atoms with Crippen molar-refractivity contribution < 1.29 is 71.9 Å². The average molecular weight is 1430 g/mol. The third-order valence-electron chi connectivity index (χ3n) is 18.5. The highest BCUT2D eigenvalue weighted by molar-refractivity contribution is 9.09. The number of primary amides is 1. The van der Waals surface area contributed by atoms with Crippen LogP contribution in [-0.4, -0.2) is 175 Å². The number of nitrogens with one attached hydrogen (secondary N) is 2. The van der Waals surface area contributed by atoms with E-state index in [4.69, 9.17) is 41.0 Å². The number of esters is 2. The summed E-state index contributed by atoms with van der Waals surface area (Å²) in [6.45, 7) is 14.2. The molecule has 5 N–H and O–H groups in total. The molecule has 0 spiro atoms. The van der Waals surface area contributed by atoms with Crippen molar-refractivity contribution >= 4 is 108 Å².